The molecule has 0 bridgehead atoms. The molecular formula is C20H20BrNO4. The van der Waals surface area contributed by atoms with E-state index in [2.05, 4.69) is 21.2 Å². The summed E-state index contributed by atoms with van der Waals surface area (Å²) in [6, 6.07) is 12.4. The number of nitrogens with one attached hydrogen (secondary N) is 1. The van der Waals surface area contributed by atoms with Gasteiger partial charge in [0.25, 0.3) is 5.91 Å². The molecule has 0 radical (unpaired) electrons. The highest BCUT2D eigenvalue weighted by Crippen LogP contribution is 2.16. The summed E-state index contributed by atoms with van der Waals surface area (Å²) in [5.74, 6) is -0.798. The fourth-order valence-corrected chi connectivity index (χ4v) is 2.53. The van der Waals surface area contributed by atoms with Crippen molar-refractivity contribution in [3.05, 3.63) is 64.1 Å². The van der Waals surface area contributed by atoms with Gasteiger partial charge in [-0.05, 0) is 61.4 Å². The summed E-state index contributed by atoms with van der Waals surface area (Å²) < 4.78 is 6.22. The molecule has 136 valence electrons. The molecule has 1 atom stereocenters. The third-order valence-corrected chi connectivity index (χ3v) is 4.32. The van der Waals surface area contributed by atoms with Crippen molar-refractivity contribution >= 4 is 33.6 Å². The molecule has 0 aromatic heterocycles. The van der Waals surface area contributed by atoms with Crippen LogP contribution >= 0.6 is 15.9 Å². The Morgan fingerprint density at radius 3 is 1.96 bits per heavy atom. The Hall–Kier alpha value is -2.47. The van der Waals surface area contributed by atoms with Crippen LogP contribution in [0, 0.1) is 5.92 Å². The number of halogens is 1. The number of esters is 1. The number of ketones is 1. The molecule has 0 fully saturated rings. The maximum absolute atomic E-state index is 12.5. The van der Waals surface area contributed by atoms with Crippen molar-refractivity contribution in [1.82, 2.24) is 5.32 Å². The first-order chi connectivity index (χ1) is 12.3. The van der Waals surface area contributed by atoms with Gasteiger partial charge in [0.05, 0.1) is 0 Å². The van der Waals surface area contributed by atoms with E-state index in [1.807, 2.05) is 13.8 Å². The zero-order valence-corrected chi connectivity index (χ0v) is 16.4. The van der Waals surface area contributed by atoms with Crippen molar-refractivity contribution in [1.29, 1.82) is 0 Å². The van der Waals surface area contributed by atoms with Gasteiger partial charge in [-0.2, -0.15) is 0 Å². The van der Waals surface area contributed by atoms with Gasteiger partial charge in [0.1, 0.15) is 11.8 Å². The van der Waals surface area contributed by atoms with Crippen molar-refractivity contribution in [3.8, 4) is 5.75 Å². The molecule has 0 saturated carbocycles. The summed E-state index contributed by atoms with van der Waals surface area (Å²) in [6.45, 7) is 5.12. The van der Waals surface area contributed by atoms with Gasteiger partial charge in [0.15, 0.2) is 5.78 Å². The Bertz CT molecular complexity index is 798. The number of benzene rings is 2. The second kappa shape index (κ2) is 8.76. The van der Waals surface area contributed by atoms with Crippen molar-refractivity contribution in [2.24, 2.45) is 5.92 Å². The maximum atomic E-state index is 12.5. The van der Waals surface area contributed by atoms with E-state index >= 15 is 0 Å². The lowest BCUT2D eigenvalue weighted by atomic mass is 10.0. The molecule has 0 unspecified atom stereocenters. The average molecular weight is 418 g/mol. The van der Waals surface area contributed by atoms with E-state index in [0.29, 0.717) is 16.9 Å². The highest BCUT2D eigenvalue weighted by Gasteiger charge is 2.26. The lowest BCUT2D eigenvalue weighted by Gasteiger charge is -2.21. The molecule has 2 rings (SSSR count). The van der Waals surface area contributed by atoms with Gasteiger partial charge in [0.2, 0.25) is 0 Å². The minimum Gasteiger partial charge on any atom is -0.425 e. The number of ether oxygens (including phenoxy) is 1. The van der Waals surface area contributed by atoms with E-state index < -0.39 is 12.0 Å². The van der Waals surface area contributed by atoms with Crippen molar-refractivity contribution in [3.63, 3.8) is 0 Å². The summed E-state index contributed by atoms with van der Waals surface area (Å²) in [7, 11) is 0. The highest BCUT2D eigenvalue weighted by atomic mass is 79.9. The van der Waals surface area contributed by atoms with Crippen LogP contribution < -0.4 is 10.1 Å². The van der Waals surface area contributed by atoms with E-state index in [1.54, 1.807) is 48.5 Å². The molecule has 0 spiro atoms. The Balaban J connectivity index is 2.08. The van der Waals surface area contributed by atoms with Gasteiger partial charge in [-0.1, -0.05) is 29.8 Å². The number of hydrogen-bond donors (Lipinski definition) is 1. The summed E-state index contributed by atoms with van der Waals surface area (Å²) >= 11 is 3.32. The van der Waals surface area contributed by atoms with E-state index in [-0.39, 0.29) is 17.6 Å². The van der Waals surface area contributed by atoms with Crippen LogP contribution in [0.1, 0.15) is 41.5 Å². The smallest absolute Gasteiger partial charge is 0.334 e. The van der Waals surface area contributed by atoms with Gasteiger partial charge < -0.3 is 10.1 Å². The van der Waals surface area contributed by atoms with E-state index in [0.717, 1.165) is 4.47 Å². The summed E-state index contributed by atoms with van der Waals surface area (Å²) in [5, 5.41) is 2.72. The third-order valence-electron chi connectivity index (χ3n) is 3.79. The molecule has 0 aliphatic carbocycles. The first-order valence-electron chi connectivity index (χ1n) is 8.17. The fraction of sp³-hybridized carbons (Fsp3) is 0.250. The molecule has 0 aliphatic rings. The Labute approximate surface area is 160 Å². The zero-order chi connectivity index (χ0) is 19.3. The minimum absolute atomic E-state index is 0.0651. The first kappa shape index (κ1) is 19.8. The molecule has 1 N–H and O–H groups in total. The van der Waals surface area contributed by atoms with Gasteiger partial charge >= 0.3 is 5.97 Å². The number of Topliss-reactive ketones (excluding diaryl/α,β-unsaturated/α-hetero) is 1. The first-order valence-corrected chi connectivity index (χ1v) is 8.96. The average Bonchev–Trinajstić information content (AvgIpc) is 2.60. The van der Waals surface area contributed by atoms with Crippen LogP contribution in [0.4, 0.5) is 0 Å². The molecule has 0 heterocycles. The van der Waals surface area contributed by atoms with Crippen LogP contribution in [0.15, 0.2) is 53.0 Å². The largest absolute Gasteiger partial charge is 0.425 e. The topological polar surface area (TPSA) is 72.5 Å². The van der Waals surface area contributed by atoms with E-state index in [9.17, 15) is 14.4 Å². The van der Waals surface area contributed by atoms with Gasteiger partial charge in [0, 0.05) is 15.6 Å². The lowest BCUT2D eigenvalue weighted by molar-refractivity contribution is -0.137. The van der Waals surface area contributed by atoms with Crippen molar-refractivity contribution in [2.75, 3.05) is 0 Å². The van der Waals surface area contributed by atoms with E-state index in [4.69, 9.17) is 4.74 Å². The third kappa shape index (κ3) is 5.26. The fourth-order valence-electron chi connectivity index (χ4n) is 2.26. The van der Waals surface area contributed by atoms with Gasteiger partial charge in [-0.15, -0.1) is 0 Å². The number of carbonyl (C=O) groups excluding carboxylic acids is 3. The van der Waals surface area contributed by atoms with Crippen LogP contribution in [-0.2, 0) is 4.79 Å². The van der Waals surface area contributed by atoms with Crippen LogP contribution in [0.25, 0.3) is 0 Å². The number of carbonyl (C=O) groups is 3. The molecule has 0 aliphatic heterocycles. The van der Waals surface area contributed by atoms with Crippen molar-refractivity contribution < 1.29 is 19.1 Å². The quantitative estimate of drug-likeness (QED) is 0.437. The second-order valence-corrected chi connectivity index (χ2v) is 7.12. The van der Waals surface area contributed by atoms with Crippen LogP contribution in [-0.4, -0.2) is 23.7 Å². The van der Waals surface area contributed by atoms with Crippen molar-refractivity contribution in [2.45, 2.75) is 26.8 Å². The molecular weight excluding hydrogens is 398 g/mol. The van der Waals surface area contributed by atoms with E-state index in [1.165, 1.54) is 6.92 Å². The number of amides is 1. The summed E-state index contributed by atoms with van der Waals surface area (Å²) in [6.07, 6.45) is 0. The van der Waals surface area contributed by atoms with Crippen LogP contribution in [0.5, 0.6) is 5.75 Å². The Morgan fingerprint density at radius 2 is 1.46 bits per heavy atom. The number of hydrogen-bond acceptors (Lipinski definition) is 4. The zero-order valence-electron chi connectivity index (χ0n) is 14.8. The molecule has 1 amide bonds. The monoisotopic (exact) mass is 417 g/mol. The van der Waals surface area contributed by atoms with Gasteiger partial charge in [-0.3, -0.25) is 9.59 Å². The predicted octanol–water partition coefficient (Wildman–Crippen LogP) is 4.01. The summed E-state index contributed by atoms with van der Waals surface area (Å²) in [4.78, 5) is 36.2. The molecule has 6 heteroatoms. The molecule has 0 saturated heterocycles. The standard InChI is InChI=1S/C20H20BrNO4/c1-12(2)18(22-19(24)15-4-8-16(21)9-5-15)20(25)26-17-10-6-14(7-11-17)13(3)23/h4-12,18H,1-3H3,(H,22,24)/t18-/m0/s1. The molecule has 2 aromatic rings. The molecule has 2 aromatic carbocycles. The Kier molecular flexibility index (Phi) is 6.69. The second-order valence-electron chi connectivity index (χ2n) is 6.20. The SMILES string of the molecule is CC(=O)c1ccc(OC(=O)[C@@H](NC(=O)c2ccc(Br)cc2)C(C)C)cc1. The summed E-state index contributed by atoms with van der Waals surface area (Å²) in [5.41, 5.74) is 0.992. The minimum atomic E-state index is -0.793. The van der Waals surface area contributed by atoms with Crippen LogP contribution in [0.3, 0.4) is 0 Å². The highest BCUT2D eigenvalue weighted by molar-refractivity contribution is 9.10. The molecule has 26 heavy (non-hydrogen) atoms. The lowest BCUT2D eigenvalue weighted by Crippen LogP contribution is -2.46. The van der Waals surface area contributed by atoms with Crippen LogP contribution in [0.2, 0.25) is 0 Å². The number of rotatable bonds is 6. The molecule has 5 nitrogen and oxygen atoms in total. The Morgan fingerprint density at radius 1 is 0.923 bits per heavy atom. The normalized spacial score (nSPS) is 11.7. The van der Waals surface area contributed by atoms with Gasteiger partial charge in [-0.25, -0.2) is 4.79 Å². The predicted molar refractivity (Wildman–Crippen MR) is 102 cm³/mol. The maximum Gasteiger partial charge on any atom is 0.334 e.